The van der Waals surface area contributed by atoms with E-state index in [-0.39, 0.29) is 5.54 Å². The average molecular weight is 285 g/mol. The van der Waals surface area contributed by atoms with E-state index < -0.39 is 11.8 Å². The van der Waals surface area contributed by atoms with Gasteiger partial charge < -0.3 is 15.1 Å². The van der Waals surface area contributed by atoms with Crippen LogP contribution in [-0.4, -0.2) is 59.9 Å². The first-order chi connectivity index (χ1) is 9.27. The Hall–Kier alpha value is -1.10. The summed E-state index contributed by atoms with van der Waals surface area (Å²) >= 11 is 0. The highest BCUT2D eigenvalue weighted by Crippen LogP contribution is 2.12. The van der Waals surface area contributed by atoms with E-state index in [2.05, 4.69) is 24.1 Å². The van der Waals surface area contributed by atoms with Crippen molar-refractivity contribution < 1.29 is 9.59 Å². The molecule has 0 heterocycles. The molecular formula is C15H31N3O2. The SMILES string of the molecule is CCN(CC)CCCNC(=O)C(=O)N(CC)C(C)(C)C. The van der Waals surface area contributed by atoms with E-state index >= 15 is 0 Å². The predicted molar refractivity (Wildman–Crippen MR) is 82.6 cm³/mol. The maximum Gasteiger partial charge on any atom is 0.312 e. The Morgan fingerprint density at radius 2 is 1.55 bits per heavy atom. The van der Waals surface area contributed by atoms with Crippen molar-refractivity contribution in [3.8, 4) is 0 Å². The van der Waals surface area contributed by atoms with Crippen molar-refractivity contribution in [2.24, 2.45) is 0 Å². The number of carbonyl (C=O) groups is 2. The second-order valence-electron chi connectivity index (χ2n) is 5.86. The Morgan fingerprint density at radius 3 is 1.95 bits per heavy atom. The second kappa shape index (κ2) is 8.95. The van der Waals surface area contributed by atoms with E-state index in [0.717, 1.165) is 26.1 Å². The molecule has 20 heavy (non-hydrogen) atoms. The molecule has 0 unspecified atom stereocenters. The molecule has 0 saturated heterocycles. The molecule has 5 heteroatoms. The van der Waals surface area contributed by atoms with Crippen LogP contribution in [0.3, 0.4) is 0 Å². The zero-order chi connectivity index (χ0) is 15.8. The molecule has 0 aliphatic heterocycles. The maximum absolute atomic E-state index is 12.1. The Morgan fingerprint density at radius 1 is 1.00 bits per heavy atom. The van der Waals surface area contributed by atoms with E-state index in [0.29, 0.717) is 13.1 Å². The van der Waals surface area contributed by atoms with Crippen molar-refractivity contribution >= 4 is 11.8 Å². The molecule has 5 nitrogen and oxygen atoms in total. The molecule has 0 saturated carbocycles. The Kier molecular flexibility index (Phi) is 8.46. The number of nitrogens with zero attached hydrogens (tertiary/aromatic N) is 2. The van der Waals surface area contributed by atoms with Crippen LogP contribution in [0.15, 0.2) is 0 Å². The van der Waals surface area contributed by atoms with Gasteiger partial charge in [0, 0.05) is 18.6 Å². The zero-order valence-corrected chi connectivity index (χ0v) is 14.0. The topological polar surface area (TPSA) is 52.7 Å². The monoisotopic (exact) mass is 285 g/mol. The first-order valence-electron chi connectivity index (χ1n) is 7.60. The number of likely N-dealkylation sites (N-methyl/N-ethyl adjacent to an activating group) is 1. The van der Waals surface area contributed by atoms with Crippen LogP contribution in [0.1, 0.15) is 48.0 Å². The Labute approximate surface area is 123 Å². The highest BCUT2D eigenvalue weighted by Gasteiger charge is 2.29. The fourth-order valence-corrected chi connectivity index (χ4v) is 2.17. The molecule has 118 valence electrons. The van der Waals surface area contributed by atoms with Gasteiger partial charge in [0.1, 0.15) is 0 Å². The molecule has 0 aromatic heterocycles. The van der Waals surface area contributed by atoms with Gasteiger partial charge in [0.05, 0.1) is 0 Å². The average Bonchev–Trinajstić information content (AvgIpc) is 2.37. The summed E-state index contributed by atoms with van der Waals surface area (Å²) in [4.78, 5) is 27.8. The van der Waals surface area contributed by atoms with Gasteiger partial charge in [0.15, 0.2) is 0 Å². The smallest absolute Gasteiger partial charge is 0.312 e. The molecule has 0 rings (SSSR count). The fraction of sp³-hybridized carbons (Fsp3) is 0.867. The van der Waals surface area contributed by atoms with Crippen LogP contribution >= 0.6 is 0 Å². The number of rotatable bonds is 7. The van der Waals surface area contributed by atoms with E-state index in [1.165, 1.54) is 0 Å². The number of hydrogen-bond acceptors (Lipinski definition) is 3. The molecule has 0 fully saturated rings. The van der Waals surface area contributed by atoms with Crippen molar-refractivity contribution in [2.75, 3.05) is 32.7 Å². The molecule has 0 aromatic rings. The summed E-state index contributed by atoms with van der Waals surface area (Å²) in [6.45, 7) is 16.0. The molecule has 0 spiro atoms. The van der Waals surface area contributed by atoms with Crippen LogP contribution in [0.2, 0.25) is 0 Å². The van der Waals surface area contributed by atoms with Crippen molar-refractivity contribution in [1.29, 1.82) is 0 Å². The lowest BCUT2D eigenvalue weighted by atomic mass is 10.1. The van der Waals surface area contributed by atoms with E-state index in [9.17, 15) is 9.59 Å². The second-order valence-corrected chi connectivity index (χ2v) is 5.86. The van der Waals surface area contributed by atoms with Crippen molar-refractivity contribution in [3.63, 3.8) is 0 Å². The van der Waals surface area contributed by atoms with Crippen LogP contribution in [0.4, 0.5) is 0 Å². The highest BCUT2D eigenvalue weighted by molar-refractivity contribution is 6.35. The lowest BCUT2D eigenvalue weighted by Gasteiger charge is -2.34. The van der Waals surface area contributed by atoms with Gasteiger partial charge in [0.25, 0.3) is 0 Å². The third kappa shape index (κ3) is 6.37. The Bertz CT molecular complexity index is 307. The third-order valence-electron chi connectivity index (χ3n) is 3.40. The van der Waals surface area contributed by atoms with E-state index in [4.69, 9.17) is 0 Å². The van der Waals surface area contributed by atoms with Gasteiger partial charge in [-0.3, -0.25) is 9.59 Å². The summed E-state index contributed by atoms with van der Waals surface area (Å²) < 4.78 is 0. The number of nitrogens with one attached hydrogen (secondary N) is 1. The molecule has 1 N–H and O–H groups in total. The zero-order valence-electron chi connectivity index (χ0n) is 14.0. The molecule has 2 amide bonds. The van der Waals surface area contributed by atoms with Crippen LogP contribution in [0, 0.1) is 0 Å². The van der Waals surface area contributed by atoms with E-state index in [1.807, 2.05) is 27.7 Å². The lowest BCUT2D eigenvalue weighted by molar-refractivity contribution is -0.148. The minimum Gasteiger partial charge on any atom is -0.348 e. The van der Waals surface area contributed by atoms with Crippen molar-refractivity contribution in [3.05, 3.63) is 0 Å². The number of hydrogen-bond donors (Lipinski definition) is 1. The van der Waals surface area contributed by atoms with Crippen LogP contribution in [0.5, 0.6) is 0 Å². The summed E-state index contributed by atoms with van der Waals surface area (Å²) in [5.74, 6) is -0.941. The fourth-order valence-electron chi connectivity index (χ4n) is 2.17. The highest BCUT2D eigenvalue weighted by atomic mass is 16.2. The number of carbonyl (C=O) groups excluding carboxylic acids is 2. The van der Waals surface area contributed by atoms with Crippen LogP contribution in [-0.2, 0) is 9.59 Å². The van der Waals surface area contributed by atoms with Gasteiger partial charge >= 0.3 is 11.8 Å². The van der Waals surface area contributed by atoms with E-state index in [1.54, 1.807) is 4.90 Å². The largest absolute Gasteiger partial charge is 0.348 e. The lowest BCUT2D eigenvalue weighted by Crippen LogP contribution is -2.51. The van der Waals surface area contributed by atoms with Gasteiger partial charge in [-0.15, -0.1) is 0 Å². The predicted octanol–water partition coefficient (Wildman–Crippen LogP) is 1.48. The van der Waals surface area contributed by atoms with Gasteiger partial charge in [-0.05, 0) is 53.8 Å². The first kappa shape index (κ1) is 18.9. The maximum atomic E-state index is 12.1. The van der Waals surface area contributed by atoms with Gasteiger partial charge in [-0.25, -0.2) is 0 Å². The first-order valence-corrected chi connectivity index (χ1v) is 7.60. The Balaban J connectivity index is 4.18. The molecular weight excluding hydrogens is 254 g/mol. The van der Waals surface area contributed by atoms with Crippen LogP contribution < -0.4 is 5.32 Å². The minimum atomic E-state index is -0.499. The molecule has 0 bridgehead atoms. The third-order valence-corrected chi connectivity index (χ3v) is 3.40. The standard InChI is InChI=1S/C15H31N3O2/c1-7-17(8-2)12-10-11-16-13(19)14(20)18(9-3)15(4,5)6/h7-12H2,1-6H3,(H,16,19). The van der Waals surface area contributed by atoms with Gasteiger partial charge in [-0.1, -0.05) is 13.8 Å². The number of amides is 2. The molecule has 0 radical (unpaired) electrons. The summed E-state index contributed by atoms with van der Waals surface area (Å²) in [5.41, 5.74) is -0.329. The van der Waals surface area contributed by atoms with Gasteiger partial charge in [-0.2, -0.15) is 0 Å². The molecule has 0 aromatic carbocycles. The quantitative estimate of drug-likeness (QED) is 0.569. The van der Waals surface area contributed by atoms with Crippen LogP contribution in [0.25, 0.3) is 0 Å². The van der Waals surface area contributed by atoms with Gasteiger partial charge in [0.2, 0.25) is 0 Å². The summed E-state index contributed by atoms with van der Waals surface area (Å²) in [6, 6.07) is 0. The molecule has 0 atom stereocenters. The summed E-state index contributed by atoms with van der Waals surface area (Å²) in [5, 5.41) is 2.72. The summed E-state index contributed by atoms with van der Waals surface area (Å²) in [7, 11) is 0. The van der Waals surface area contributed by atoms with Crippen molar-refractivity contribution in [2.45, 2.75) is 53.5 Å². The molecule has 0 aliphatic carbocycles. The molecule has 0 aliphatic rings. The summed E-state index contributed by atoms with van der Waals surface area (Å²) in [6.07, 6.45) is 0.863. The minimum absolute atomic E-state index is 0.329. The van der Waals surface area contributed by atoms with Crippen molar-refractivity contribution in [1.82, 2.24) is 15.1 Å². The normalized spacial score (nSPS) is 11.6.